The zero-order valence-corrected chi connectivity index (χ0v) is 13.3. The molecule has 4 nitrogen and oxygen atoms in total. The summed E-state index contributed by atoms with van der Waals surface area (Å²) >= 11 is 5.81. The summed E-state index contributed by atoms with van der Waals surface area (Å²) in [7, 11) is 0. The zero-order chi connectivity index (χ0) is 16.2. The Labute approximate surface area is 140 Å². The second kappa shape index (κ2) is 6.84. The number of hydrogen-bond donors (Lipinski definition) is 1. The summed E-state index contributed by atoms with van der Waals surface area (Å²) < 4.78 is 0. The van der Waals surface area contributed by atoms with Crippen molar-refractivity contribution in [2.75, 3.05) is 16.8 Å². The summed E-state index contributed by atoms with van der Waals surface area (Å²) in [5.41, 5.74) is 2.71. The zero-order valence-electron chi connectivity index (χ0n) is 12.6. The molecule has 0 aliphatic carbocycles. The molecule has 2 aromatic rings. The Morgan fingerprint density at radius 1 is 1.09 bits per heavy atom. The van der Waals surface area contributed by atoms with E-state index in [9.17, 15) is 9.59 Å². The van der Waals surface area contributed by atoms with Crippen LogP contribution < -0.4 is 10.2 Å². The molecule has 0 saturated carbocycles. The molecule has 3 rings (SSSR count). The van der Waals surface area contributed by atoms with E-state index < -0.39 is 0 Å². The van der Waals surface area contributed by atoms with Crippen molar-refractivity contribution in [1.82, 2.24) is 0 Å². The molecule has 0 unspecified atom stereocenters. The number of hydrogen-bond acceptors (Lipinski definition) is 2. The first-order valence-electron chi connectivity index (χ1n) is 7.57. The quantitative estimate of drug-likeness (QED) is 0.874. The highest BCUT2D eigenvalue weighted by Crippen LogP contribution is 2.27. The summed E-state index contributed by atoms with van der Waals surface area (Å²) in [5, 5.41) is 3.32. The van der Waals surface area contributed by atoms with E-state index >= 15 is 0 Å². The van der Waals surface area contributed by atoms with Crippen LogP contribution in [0.4, 0.5) is 11.4 Å². The van der Waals surface area contributed by atoms with Crippen LogP contribution in [0.1, 0.15) is 18.4 Å². The maximum absolute atomic E-state index is 12.5. The van der Waals surface area contributed by atoms with Gasteiger partial charge in [-0.1, -0.05) is 29.8 Å². The molecule has 1 N–H and O–H groups in total. The number of fused-ring (bicyclic) bond motifs is 1. The minimum absolute atomic E-state index is 0.170. The number of carbonyl (C=O) groups is 2. The number of rotatable bonds is 3. The SMILES string of the molecule is O=C(CC(=O)N1CCCc2ccccc21)Nc1ccc(Cl)cc1. The van der Waals surface area contributed by atoms with Gasteiger partial charge in [0, 0.05) is 22.9 Å². The van der Waals surface area contributed by atoms with Crippen molar-refractivity contribution in [2.45, 2.75) is 19.3 Å². The molecule has 0 spiro atoms. The highest BCUT2D eigenvalue weighted by atomic mass is 35.5. The molecule has 118 valence electrons. The number of carbonyl (C=O) groups excluding carboxylic acids is 2. The average molecular weight is 329 g/mol. The van der Waals surface area contributed by atoms with E-state index in [2.05, 4.69) is 5.32 Å². The number of amides is 2. The molecule has 1 aliphatic heterocycles. The standard InChI is InChI=1S/C18H17ClN2O2/c19-14-7-9-15(10-8-14)20-17(22)12-18(23)21-11-3-5-13-4-1-2-6-16(13)21/h1-2,4,6-10H,3,5,11-12H2,(H,20,22). The lowest BCUT2D eigenvalue weighted by Gasteiger charge is -2.29. The summed E-state index contributed by atoms with van der Waals surface area (Å²) in [6.45, 7) is 0.657. The lowest BCUT2D eigenvalue weighted by molar-refractivity contribution is -0.125. The van der Waals surface area contributed by atoms with Crippen LogP contribution in [-0.4, -0.2) is 18.4 Å². The van der Waals surface area contributed by atoms with Crippen molar-refractivity contribution in [3.8, 4) is 0 Å². The lowest BCUT2D eigenvalue weighted by Crippen LogP contribution is -2.37. The van der Waals surface area contributed by atoms with Crippen LogP contribution in [0.25, 0.3) is 0 Å². The van der Waals surface area contributed by atoms with Crippen molar-refractivity contribution in [2.24, 2.45) is 0 Å². The van der Waals surface area contributed by atoms with Gasteiger partial charge in [0.05, 0.1) is 0 Å². The van der Waals surface area contributed by atoms with Gasteiger partial charge in [0.2, 0.25) is 11.8 Å². The Morgan fingerprint density at radius 3 is 2.61 bits per heavy atom. The molecule has 0 radical (unpaired) electrons. The fourth-order valence-corrected chi connectivity index (χ4v) is 2.89. The van der Waals surface area contributed by atoms with Gasteiger partial charge in [0.25, 0.3) is 0 Å². The van der Waals surface area contributed by atoms with Crippen LogP contribution in [-0.2, 0) is 16.0 Å². The predicted octanol–water partition coefficient (Wildman–Crippen LogP) is 3.65. The molecule has 0 atom stereocenters. The van der Waals surface area contributed by atoms with Crippen molar-refractivity contribution >= 4 is 34.8 Å². The number of aryl methyl sites for hydroxylation is 1. The minimum Gasteiger partial charge on any atom is -0.326 e. The van der Waals surface area contributed by atoms with E-state index in [4.69, 9.17) is 11.6 Å². The summed E-state index contributed by atoms with van der Waals surface area (Å²) in [6, 6.07) is 14.7. The van der Waals surface area contributed by atoms with Gasteiger partial charge in [-0.25, -0.2) is 0 Å². The fourth-order valence-electron chi connectivity index (χ4n) is 2.76. The summed E-state index contributed by atoms with van der Waals surface area (Å²) in [6.07, 6.45) is 1.72. The smallest absolute Gasteiger partial charge is 0.236 e. The predicted molar refractivity (Wildman–Crippen MR) is 91.8 cm³/mol. The van der Waals surface area contributed by atoms with Gasteiger partial charge in [0.1, 0.15) is 6.42 Å². The van der Waals surface area contributed by atoms with E-state index in [0.29, 0.717) is 17.3 Å². The van der Waals surface area contributed by atoms with Crippen molar-refractivity contribution < 1.29 is 9.59 Å². The number of benzene rings is 2. The van der Waals surface area contributed by atoms with E-state index in [1.54, 1.807) is 29.2 Å². The molecule has 0 fully saturated rings. The number of anilines is 2. The maximum atomic E-state index is 12.5. The molecule has 1 heterocycles. The van der Waals surface area contributed by atoms with Crippen LogP contribution in [0.2, 0.25) is 5.02 Å². The normalized spacial score (nSPS) is 13.3. The molecule has 0 aromatic heterocycles. The number of nitrogens with zero attached hydrogens (tertiary/aromatic N) is 1. The number of halogens is 1. The van der Waals surface area contributed by atoms with Gasteiger partial charge in [-0.15, -0.1) is 0 Å². The first-order valence-corrected chi connectivity index (χ1v) is 7.95. The second-order valence-corrected chi connectivity index (χ2v) is 5.95. The topological polar surface area (TPSA) is 49.4 Å². The minimum atomic E-state index is -0.319. The molecule has 5 heteroatoms. The molecule has 0 saturated heterocycles. The van der Waals surface area contributed by atoms with Crippen molar-refractivity contribution in [1.29, 1.82) is 0 Å². The third-order valence-electron chi connectivity index (χ3n) is 3.85. The molecule has 0 bridgehead atoms. The molecular formula is C18H17ClN2O2. The number of para-hydroxylation sites is 1. The van der Waals surface area contributed by atoms with Crippen LogP contribution in [0.15, 0.2) is 48.5 Å². The van der Waals surface area contributed by atoms with Gasteiger partial charge >= 0.3 is 0 Å². The average Bonchev–Trinajstić information content (AvgIpc) is 2.56. The Bertz CT molecular complexity index is 728. The molecular weight excluding hydrogens is 312 g/mol. The maximum Gasteiger partial charge on any atom is 0.236 e. The van der Waals surface area contributed by atoms with Crippen LogP contribution in [0.5, 0.6) is 0 Å². The van der Waals surface area contributed by atoms with Crippen molar-refractivity contribution in [3.63, 3.8) is 0 Å². The molecule has 2 aromatic carbocycles. The van der Waals surface area contributed by atoms with E-state index in [1.807, 2.05) is 24.3 Å². The largest absolute Gasteiger partial charge is 0.326 e. The highest BCUT2D eigenvalue weighted by molar-refractivity contribution is 6.30. The van der Waals surface area contributed by atoms with E-state index in [0.717, 1.165) is 24.1 Å². The monoisotopic (exact) mass is 328 g/mol. The van der Waals surface area contributed by atoms with E-state index in [-0.39, 0.29) is 18.2 Å². The Balaban J connectivity index is 1.65. The molecule has 2 amide bonds. The van der Waals surface area contributed by atoms with Crippen LogP contribution >= 0.6 is 11.6 Å². The van der Waals surface area contributed by atoms with Gasteiger partial charge in [-0.2, -0.15) is 0 Å². The van der Waals surface area contributed by atoms with Gasteiger partial charge in [-0.3, -0.25) is 9.59 Å². The first-order chi connectivity index (χ1) is 11.1. The van der Waals surface area contributed by atoms with Crippen LogP contribution in [0, 0.1) is 0 Å². The molecule has 23 heavy (non-hydrogen) atoms. The summed E-state index contributed by atoms with van der Waals surface area (Å²) in [5.74, 6) is -0.496. The van der Waals surface area contributed by atoms with E-state index in [1.165, 1.54) is 0 Å². The highest BCUT2D eigenvalue weighted by Gasteiger charge is 2.23. The Morgan fingerprint density at radius 2 is 1.83 bits per heavy atom. The lowest BCUT2D eigenvalue weighted by atomic mass is 10.0. The Hall–Kier alpha value is -2.33. The van der Waals surface area contributed by atoms with Gasteiger partial charge in [-0.05, 0) is 48.7 Å². The third kappa shape index (κ3) is 3.71. The molecule has 1 aliphatic rings. The van der Waals surface area contributed by atoms with Crippen LogP contribution in [0.3, 0.4) is 0 Å². The fraction of sp³-hybridized carbons (Fsp3) is 0.222. The van der Waals surface area contributed by atoms with Gasteiger partial charge in [0.15, 0.2) is 0 Å². The summed E-state index contributed by atoms with van der Waals surface area (Å²) in [4.78, 5) is 26.2. The first kappa shape index (κ1) is 15.6. The second-order valence-electron chi connectivity index (χ2n) is 5.51. The van der Waals surface area contributed by atoms with Crippen molar-refractivity contribution in [3.05, 3.63) is 59.1 Å². The van der Waals surface area contributed by atoms with Gasteiger partial charge < -0.3 is 10.2 Å². The third-order valence-corrected chi connectivity index (χ3v) is 4.10. The Kier molecular flexibility index (Phi) is 4.63. The number of nitrogens with one attached hydrogen (secondary N) is 1.